The van der Waals surface area contributed by atoms with Gasteiger partial charge in [0.05, 0.1) is 23.1 Å². The first-order valence-electron chi connectivity index (χ1n) is 5.85. The summed E-state index contributed by atoms with van der Waals surface area (Å²) in [6, 6.07) is 8.24. The number of anilines is 1. The molecule has 2 aromatic rings. The smallest absolute Gasteiger partial charge is 0.260 e. The fourth-order valence-electron chi connectivity index (χ4n) is 1.66. The van der Waals surface area contributed by atoms with Crippen molar-refractivity contribution in [2.24, 2.45) is 0 Å². The van der Waals surface area contributed by atoms with Crippen molar-refractivity contribution in [3.63, 3.8) is 0 Å². The van der Waals surface area contributed by atoms with Crippen molar-refractivity contribution >= 4 is 29.1 Å². The molecule has 0 radical (unpaired) electrons. The molecule has 6 heteroatoms. The number of carbonyl (C=O) groups excluding carboxylic acids is 2. The van der Waals surface area contributed by atoms with Gasteiger partial charge >= 0.3 is 0 Å². The van der Waals surface area contributed by atoms with Crippen molar-refractivity contribution in [2.75, 3.05) is 19.4 Å². The Hall–Kier alpha value is -2.27. The highest BCUT2D eigenvalue weighted by Crippen LogP contribution is 2.21. The summed E-state index contributed by atoms with van der Waals surface area (Å²) < 4.78 is 4.87. The maximum Gasteiger partial charge on any atom is 0.260 e. The Bertz CT molecular complexity index is 649. The van der Waals surface area contributed by atoms with Crippen molar-refractivity contribution in [3.8, 4) is 0 Å². The standard InChI is InChI=1S/C14H13ClN2O3/c1-17(2)14(19)9-5-3-4-6-11(9)16-13(18)10-7-8-20-12(10)15/h3-8H,1-2H3,(H,16,18). The maximum absolute atomic E-state index is 12.1. The Balaban J connectivity index is 2.28. The molecule has 1 aromatic carbocycles. The summed E-state index contributed by atoms with van der Waals surface area (Å²) in [5.41, 5.74) is 1.05. The van der Waals surface area contributed by atoms with Crippen molar-refractivity contribution < 1.29 is 14.0 Å². The van der Waals surface area contributed by atoms with Crippen LogP contribution in [0.15, 0.2) is 41.0 Å². The van der Waals surface area contributed by atoms with Gasteiger partial charge in [0.1, 0.15) is 0 Å². The van der Waals surface area contributed by atoms with Gasteiger partial charge in [0, 0.05) is 14.1 Å². The van der Waals surface area contributed by atoms with Gasteiger partial charge in [0.25, 0.3) is 11.8 Å². The summed E-state index contributed by atoms with van der Waals surface area (Å²) in [5, 5.41) is 2.67. The molecule has 0 saturated heterocycles. The number of carbonyl (C=O) groups is 2. The molecule has 20 heavy (non-hydrogen) atoms. The Labute approximate surface area is 121 Å². The number of hydrogen-bond donors (Lipinski definition) is 1. The SMILES string of the molecule is CN(C)C(=O)c1ccccc1NC(=O)c1ccoc1Cl. The number of amides is 2. The lowest BCUT2D eigenvalue weighted by Crippen LogP contribution is -2.24. The number of furan rings is 1. The fourth-order valence-corrected chi connectivity index (χ4v) is 1.87. The van der Waals surface area contributed by atoms with Gasteiger partial charge in [-0.05, 0) is 29.8 Å². The van der Waals surface area contributed by atoms with Crippen LogP contribution in [0, 0.1) is 0 Å². The highest BCUT2D eigenvalue weighted by Gasteiger charge is 2.17. The number of hydrogen-bond acceptors (Lipinski definition) is 3. The molecule has 0 fully saturated rings. The maximum atomic E-state index is 12.1. The summed E-state index contributed by atoms with van der Waals surface area (Å²) in [5.74, 6) is -0.623. The Morgan fingerprint density at radius 1 is 1.15 bits per heavy atom. The van der Waals surface area contributed by atoms with Gasteiger partial charge in [0.2, 0.25) is 5.22 Å². The van der Waals surface area contributed by atoms with Gasteiger partial charge in [-0.2, -0.15) is 0 Å². The van der Waals surface area contributed by atoms with E-state index in [1.807, 2.05) is 0 Å². The van der Waals surface area contributed by atoms with E-state index in [0.29, 0.717) is 11.3 Å². The minimum atomic E-state index is -0.428. The van der Waals surface area contributed by atoms with E-state index in [9.17, 15) is 9.59 Å². The molecule has 0 unspecified atom stereocenters. The first-order chi connectivity index (χ1) is 9.50. The van der Waals surface area contributed by atoms with E-state index in [-0.39, 0.29) is 16.7 Å². The molecule has 1 aromatic heterocycles. The van der Waals surface area contributed by atoms with E-state index >= 15 is 0 Å². The minimum absolute atomic E-state index is 0.0129. The highest BCUT2D eigenvalue weighted by atomic mass is 35.5. The molecule has 0 aliphatic rings. The van der Waals surface area contributed by atoms with Crippen molar-refractivity contribution in [1.29, 1.82) is 0 Å². The Morgan fingerprint density at radius 2 is 1.85 bits per heavy atom. The van der Waals surface area contributed by atoms with Crippen LogP contribution in [-0.4, -0.2) is 30.8 Å². The quantitative estimate of drug-likeness (QED) is 0.946. The zero-order valence-corrected chi connectivity index (χ0v) is 11.8. The molecule has 2 amide bonds. The van der Waals surface area contributed by atoms with Gasteiger partial charge < -0.3 is 14.6 Å². The molecular formula is C14H13ClN2O3. The zero-order valence-electron chi connectivity index (χ0n) is 11.0. The average Bonchev–Trinajstić information content (AvgIpc) is 2.84. The van der Waals surface area contributed by atoms with Crippen LogP contribution in [0.4, 0.5) is 5.69 Å². The third kappa shape index (κ3) is 2.83. The van der Waals surface area contributed by atoms with E-state index in [1.165, 1.54) is 17.2 Å². The van der Waals surface area contributed by atoms with Gasteiger partial charge in [-0.15, -0.1) is 0 Å². The molecule has 104 valence electrons. The molecule has 1 N–H and O–H groups in total. The fraction of sp³-hybridized carbons (Fsp3) is 0.143. The molecule has 0 saturated carbocycles. The lowest BCUT2D eigenvalue weighted by Gasteiger charge is -2.14. The van der Waals surface area contributed by atoms with E-state index < -0.39 is 5.91 Å². The number of halogens is 1. The first kappa shape index (κ1) is 14.1. The molecule has 0 atom stereocenters. The third-order valence-corrected chi connectivity index (χ3v) is 2.97. The second-order valence-electron chi connectivity index (χ2n) is 4.31. The predicted molar refractivity (Wildman–Crippen MR) is 76.1 cm³/mol. The molecule has 0 bridgehead atoms. The largest absolute Gasteiger partial charge is 0.452 e. The van der Waals surface area contributed by atoms with Crippen LogP contribution in [0.1, 0.15) is 20.7 Å². The van der Waals surface area contributed by atoms with Crippen LogP contribution in [-0.2, 0) is 0 Å². The van der Waals surface area contributed by atoms with E-state index in [4.69, 9.17) is 16.0 Å². The Morgan fingerprint density at radius 3 is 2.45 bits per heavy atom. The summed E-state index contributed by atoms with van der Waals surface area (Å²) in [4.78, 5) is 25.5. The van der Waals surface area contributed by atoms with Crippen molar-refractivity contribution in [1.82, 2.24) is 4.90 Å². The van der Waals surface area contributed by atoms with Crippen molar-refractivity contribution in [3.05, 3.63) is 52.9 Å². The third-order valence-electron chi connectivity index (χ3n) is 2.67. The average molecular weight is 293 g/mol. The monoisotopic (exact) mass is 292 g/mol. The van der Waals surface area contributed by atoms with Gasteiger partial charge in [-0.1, -0.05) is 12.1 Å². The summed E-state index contributed by atoms with van der Waals surface area (Å²) in [7, 11) is 3.29. The second-order valence-corrected chi connectivity index (χ2v) is 4.65. The van der Waals surface area contributed by atoms with Gasteiger partial charge in [0.15, 0.2) is 0 Å². The Kier molecular flexibility index (Phi) is 4.10. The van der Waals surface area contributed by atoms with E-state index in [0.717, 1.165) is 0 Å². The molecule has 2 rings (SSSR count). The summed E-state index contributed by atoms with van der Waals surface area (Å²) in [6.07, 6.45) is 1.33. The number of benzene rings is 1. The number of nitrogens with zero attached hydrogens (tertiary/aromatic N) is 1. The van der Waals surface area contributed by atoms with Crippen LogP contribution in [0.3, 0.4) is 0 Å². The summed E-state index contributed by atoms with van der Waals surface area (Å²) in [6.45, 7) is 0. The van der Waals surface area contributed by atoms with E-state index in [1.54, 1.807) is 38.4 Å². The number of para-hydroxylation sites is 1. The molecule has 0 aliphatic heterocycles. The van der Waals surface area contributed by atoms with Crippen LogP contribution >= 0.6 is 11.6 Å². The molecular weight excluding hydrogens is 280 g/mol. The number of nitrogens with one attached hydrogen (secondary N) is 1. The second kappa shape index (κ2) is 5.79. The molecule has 5 nitrogen and oxygen atoms in total. The lowest BCUT2D eigenvalue weighted by molar-refractivity contribution is 0.0828. The summed E-state index contributed by atoms with van der Waals surface area (Å²) >= 11 is 5.75. The molecule has 0 aliphatic carbocycles. The molecule has 0 spiro atoms. The van der Waals surface area contributed by atoms with Gasteiger partial charge in [-0.25, -0.2) is 0 Å². The molecule has 1 heterocycles. The topological polar surface area (TPSA) is 62.6 Å². The normalized spacial score (nSPS) is 10.2. The first-order valence-corrected chi connectivity index (χ1v) is 6.23. The minimum Gasteiger partial charge on any atom is -0.452 e. The van der Waals surface area contributed by atoms with Crippen LogP contribution in [0.5, 0.6) is 0 Å². The van der Waals surface area contributed by atoms with Crippen LogP contribution < -0.4 is 5.32 Å². The predicted octanol–water partition coefficient (Wildman–Crippen LogP) is 2.89. The van der Waals surface area contributed by atoms with Crippen molar-refractivity contribution in [2.45, 2.75) is 0 Å². The van der Waals surface area contributed by atoms with E-state index in [2.05, 4.69) is 5.32 Å². The van der Waals surface area contributed by atoms with Crippen LogP contribution in [0.2, 0.25) is 5.22 Å². The zero-order chi connectivity index (χ0) is 14.7. The number of rotatable bonds is 3. The lowest BCUT2D eigenvalue weighted by atomic mass is 10.1. The van der Waals surface area contributed by atoms with Crippen LogP contribution in [0.25, 0.3) is 0 Å². The van der Waals surface area contributed by atoms with Gasteiger partial charge in [-0.3, -0.25) is 9.59 Å². The highest BCUT2D eigenvalue weighted by molar-refractivity contribution is 6.32.